The van der Waals surface area contributed by atoms with E-state index in [9.17, 15) is 4.79 Å². The minimum absolute atomic E-state index is 0.0476. The Kier molecular flexibility index (Phi) is 1.67. The Morgan fingerprint density at radius 3 is 3.27 bits per heavy atom. The quantitative estimate of drug-likeness (QED) is 0.527. The summed E-state index contributed by atoms with van der Waals surface area (Å²) in [5.41, 5.74) is 0. The van der Waals surface area contributed by atoms with Crippen LogP contribution in [0.1, 0.15) is 0 Å². The van der Waals surface area contributed by atoms with Gasteiger partial charge in [-0.1, -0.05) is 0 Å². The van der Waals surface area contributed by atoms with Crippen LogP contribution in [0.4, 0.5) is 0 Å². The van der Waals surface area contributed by atoms with Crippen LogP contribution in [0.2, 0.25) is 0 Å². The van der Waals surface area contributed by atoms with Gasteiger partial charge in [0.1, 0.15) is 12.7 Å². The molecule has 62 valence electrons. The number of carbonyl (C=O) groups excluding carboxylic acids is 1. The smallest absolute Gasteiger partial charge is 0.178 e. The van der Waals surface area contributed by atoms with E-state index in [1.54, 1.807) is 7.11 Å². The molecule has 0 amide bonds. The predicted molar refractivity (Wildman–Crippen MR) is 37.3 cm³/mol. The van der Waals surface area contributed by atoms with Gasteiger partial charge in [-0.3, -0.25) is 4.79 Å². The molecule has 4 nitrogen and oxygen atoms in total. The number of nitrogens with one attached hydrogen (secondary N) is 1. The molecule has 0 bridgehead atoms. The van der Waals surface area contributed by atoms with Crippen molar-refractivity contribution in [1.29, 1.82) is 0 Å². The van der Waals surface area contributed by atoms with Gasteiger partial charge in [-0.2, -0.15) is 0 Å². The number of methoxy groups -OCH3 is 1. The number of hydrogen-bond acceptors (Lipinski definition) is 4. The second-order valence-electron chi connectivity index (χ2n) is 2.90. The Hall–Kier alpha value is -0.450. The van der Waals surface area contributed by atoms with Crippen LogP contribution in [0.3, 0.4) is 0 Å². The molecule has 0 spiro atoms. The van der Waals surface area contributed by atoms with E-state index >= 15 is 0 Å². The normalized spacial score (nSPS) is 43.0. The van der Waals surface area contributed by atoms with Gasteiger partial charge < -0.3 is 14.8 Å². The summed E-state index contributed by atoms with van der Waals surface area (Å²) in [5.74, 6) is 0.148. The third kappa shape index (κ3) is 0.982. The van der Waals surface area contributed by atoms with Crippen LogP contribution in [0, 0.1) is 0 Å². The van der Waals surface area contributed by atoms with E-state index in [1.807, 2.05) is 0 Å². The molecular formula is C7H11NO3. The Morgan fingerprint density at radius 1 is 1.73 bits per heavy atom. The van der Waals surface area contributed by atoms with Crippen molar-refractivity contribution >= 4 is 5.78 Å². The Bertz CT molecular complexity index is 183. The molecular weight excluding hydrogens is 146 g/mol. The monoisotopic (exact) mass is 157 g/mol. The first-order valence-electron chi connectivity index (χ1n) is 3.73. The van der Waals surface area contributed by atoms with Crippen LogP contribution in [-0.2, 0) is 14.3 Å². The SMILES string of the molecule is CO[C@@H]1CN[C@@H]2C(=O)CO[C@@H]21. The highest BCUT2D eigenvalue weighted by atomic mass is 16.5. The summed E-state index contributed by atoms with van der Waals surface area (Å²) in [6.45, 7) is 0.958. The Balaban J connectivity index is 2.10. The summed E-state index contributed by atoms with van der Waals surface area (Å²) in [7, 11) is 1.64. The Morgan fingerprint density at radius 2 is 2.55 bits per heavy atom. The predicted octanol–water partition coefficient (Wildman–Crippen LogP) is -1.06. The first-order valence-corrected chi connectivity index (χ1v) is 3.73. The van der Waals surface area contributed by atoms with Crippen LogP contribution in [-0.4, -0.2) is 44.3 Å². The molecule has 2 fully saturated rings. The molecule has 0 saturated carbocycles. The topological polar surface area (TPSA) is 47.6 Å². The largest absolute Gasteiger partial charge is 0.377 e. The molecule has 2 aliphatic heterocycles. The van der Waals surface area contributed by atoms with Gasteiger partial charge in [0.15, 0.2) is 5.78 Å². The lowest BCUT2D eigenvalue weighted by atomic mass is 10.1. The molecule has 11 heavy (non-hydrogen) atoms. The van der Waals surface area contributed by atoms with Gasteiger partial charge >= 0.3 is 0 Å². The average Bonchev–Trinajstić information content (AvgIpc) is 2.53. The third-order valence-corrected chi connectivity index (χ3v) is 2.30. The van der Waals surface area contributed by atoms with E-state index in [0.29, 0.717) is 0 Å². The molecule has 0 unspecified atom stereocenters. The van der Waals surface area contributed by atoms with E-state index in [-0.39, 0.29) is 30.6 Å². The van der Waals surface area contributed by atoms with Crippen LogP contribution in [0.5, 0.6) is 0 Å². The van der Waals surface area contributed by atoms with Crippen molar-refractivity contribution in [2.45, 2.75) is 18.2 Å². The Labute approximate surface area is 64.9 Å². The summed E-state index contributed by atoms with van der Waals surface area (Å²) in [5, 5.41) is 3.07. The lowest BCUT2D eigenvalue weighted by Crippen LogP contribution is -2.34. The van der Waals surface area contributed by atoms with Crippen molar-refractivity contribution in [3.05, 3.63) is 0 Å². The van der Waals surface area contributed by atoms with Crippen molar-refractivity contribution in [2.75, 3.05) is 20.3 Å². The van der Waals surface area contributed by atoms with Crippen molar-refractivity contribution in [1.82, 2.24) is 5.32 Å². The van der Waals surface area contributed by atoms with Crippen LogP contribution in [0.15, 0.2) is 0 Å². The standard InChI is InChI=1S/C7H11NO3/c1-10-5-2-8-6-4(9)3-11-7(5)6/h5-8H,2-3H2,1H3/t5-,6-,7-/m1/s1. The van der Waals surface area contributed by atoms with Crippen molar-refractivity contribution in [3.63, 3.8) is 0 Å². The van der Waals surface area contributed by atoms with Gasteiger partial charge in [0.05, 0.1) is 12.1 Å². The minimum Gasteiger partial charge on any atom is -0.377 e. The number of Topliss-reactive ketones (excluding diaryl/α,β-unsaturated/α-hetero) is 1. The molecule has 2 aliphatic rings. The summed E-state index contributed by atoms with van der Waals surface area (Å²) >= 11 is 0. The van der Waals surface area contributed by atoms with Crippen LogP contribution >= 0.6 is 0 Å². The number of carbonyl (C=O) groups is 1. The van der Waals surface area contributed by atoms with Gasteiger partial charge in [0, 0.05) is 13.7 Å². The van der Waals surface area contributed by atoms with Crippen LogP contribution < -0.4 is 5.32 Å². The van der Waals surface area contributed by atoms with Gasteiger partial charge in [-0.05, 0) is 0 Å². The number of fused-ring (bicyclic) bond motifs is 1. The van der Waals surface area contributed by atoms with Crippen molar-refractivity contribution in [3.8, 4) is 0 Å². The molecule has 2 saturated heterocycles. The molecule has 4 heteroatoms. The zero-order valence-electron chi connectivity index (χ0n) is 6.37. The average molecular weight is 157 g/mol. The zero-order valence-corrected chi connectivity index (χ0v) is 6.37. The number of ketones is 1. The summed E-state index contributed by atoms with van der Waals surface area (Å²) < 4.78 is 10.4. The molecule has 1 N–H and O–H groups in total. The molecule has 0 radical (unpaired) electrons. The molecule has 0 aromatic rings. The number of ether oxygens (including phenoxy) is 2. The second-order valence-corrected chi connectivity index (χ2v) is 2.90. The molecule has 0 aromatic carbocycles. The summed E-state index contributed by atoms with van der Waals surface area (Å²) in [6.07, 6.45) is -0.000972. The van der Waals surface area contributed by atoms with Crippen LogP contribution in [0.25, 0.3) is 0 Å². The molecule has 0 aliphatic carbocycles. The number of rotatable bonds is 1. The number of hydrogen-bond donors (Lipinski definition) is 1. The maximum atomic E-state index is 11.1. The highest BCUT2D eigenvalue weighted by molar-refractivity contribution is 5.88. The fourth-order valence-electron chi connectivity index (χ4n) is 1.68. The first-order chi connectivity index (χ1) is 5.33. The highest BCUT2D eigenvalue weighted by Gasteiger charge is 2.45. The van der Waals surface area contributed by atoms with Gasteiger partial charge in [0.2, 0.25) is 0 Å². The maximum absolute atomic E-state index is 11.1. The first kappa shape index (κ1) is 7.21. The van der Waals surface area contributed by atoms with E-state index in [2.05, 4.69) is 5.32 Å². The van der Waals surface area contributed by atoms with E-state index in [1.165, 1.54) is 0 Å². The summed E-state index contributed by atoms with van der Waals surface area (Å²) in [4.78, 5) is 11.1. The van der Waals surface area contributed by atoms with Crippen molar-refractivity contribution in [2.24, 2.45) is 0 Å². The lowest BCUT2D eigenvalue weighted by molar-refractivity contribution is -0.119. The lowest BCUT2D eigenvalue weighted by Gasteiger charge is -2.13. The van der Waals surface area contributed by atoms with Crippen molar-refractivity contribution < 1.29 is 14.3 Å². The van der Waals surface area contributed by atoms with E-state index in [4.69, 9.17) is 9.47 Å². The fourth-order valence-corrected chi connectivity index (χ4v) is 1.68. The van der Waals surface area contributed by atoms with Gasteiger partial charge in [0.25, 0.3) is 0 Å². The maximum Gasteiger partial charge on any atom is 0.178 e. The second kappa shape index (κ2) is 2.55. The zero-order chi connectivity index (χ0) is 7.84. The molecule has 2 rings (SSSR count). The van der Waals surface area contributed by atoms with Gasteiger partial charge in [-0.15, -0.1) is 0 Å². The fraction of sp³-hybridized carbons (Fsp3) is 0.857. The molecule has 3 atom stereocenters. The highest BCUT2D eigenvalue weighted by Crippen LogP contribution is 2.20. The molecule has 2 heterocycles. The summed E-state index contributed by atoms with van der Waals surface area (Å²) in [6, 6.07) is -0.111. The third-order valence-electron chi connectivity index (χ3n) is 2.30. The molecule has 0 aromatic heterocycles. The van der Waals surface area contributed by atoms with E-state index in [0.717, 1.165) is 6.54 Å². The van der Waals surface area contributed by atoms with E-state index < -0.39 is 0 Å². The van der Waals surface area contributed by atoms with Gasteiger partial charge in [-0.25, -0.2) is 0 Å². The minimum atomic E-state index is -0.111.